The number of hydrogen-bond donors (Lipinski definition) is 1. The first-order valence-corrected chi connectivity index (χ1v) is 6.78. The lowest BCUT2D eigenvalue weighted by Crippen LogP contribution is -2.14. The van der Waals surface area contributed by atoms with Crippen molar-refractivity contribution in [3.8, 4) is 11.5 Å². The maximum Gasteiger partial charge on any atom is 0.220 e. The summed E-state index contributed by atoms with van der Waals surface area (Å²) in [6.07, 6.45) is 2.83. The minimum Gasteiger partial charge on any atom is -0.493 e. The van der Waals surface area contributed by atoms with E-state index in [1.165, 1.54) is 0 Å². The third kappa shape index (κ3) is 2.74. The van der Waals surface area contributed by atoms with Crippen LogP contribution in [0.25, 0.3) is 0 Å². The Bertz CT molecular complexity index is 762. The second kappa shape index (κ2) is 5.73. The Morgan fingerprint density at radius 3 is 2.95 bits per heavy atom. The minimum atomic E-state index is -2.88. The van der Waals surface area contributed by atoms with Gasteiger partial charge in [0, 0.05) is 20.2 Å². The number of carbonyl (C=O) groups excluding carboxylic acids is 1. The molecule has 1 N–H and O–H groups in total. The fraction of sp³-hybridized carbons (Fsp3) is 0.562. The third-order valence-corrected chi connectivity index (χ3v) is 3.66. The Hall–Kier alpha value is -1.71. The van der Waals surface area contributed by atoms with E-state index in [1.54, 1.807) is 0 Å². The van der Waals surface area contributed by atoms with E-state index in [1.807, 2.05) is 0 Å². The second-order valence-corrected chi connectivity index (χ2v) is 5.09. The molecule has 0 bridgehead atoms. The number of amides is 1. The normalized spacial score (nSPS) is 32.2. The van der Waals surface area contributed by atoms with Crippen LogP contribution >= 0.6 is 0 Å². The second-order valence-electron chi connectivity index (χ2n) is 5.09. The van der Waals surface area contributed by atoms with Gasteiger partial charge < -0.3 is 14.8 Å². The first kappa shape index (κ1) is 7.34. The summed E-state index contributed by atoms with van der Waals surface area (Å²) in [7, 11) is -2.88. The van der Waals surface area contributed by atoms with Crippen molar-refractivity contribution >= 4 is 5.91 Å². The van der Waals surface area contributed by atoms with Crippen LogP contribution in [0.2, 0.25) is 0 Å². The fourth-order valence-electron chi connectivity index (χ4n) is 2.58. The summed E-state index contributed by atoms with van der Waals surface area (Å²) >= 11 is 0. The summed E-state index contributed by atoms with van der Waals surface area (Å²) in [5.74, 6) is -2.69. The molecule has 1 aliphatic heterocycles. The van der Waals surface area contributed by atoms with E-state index in [0.29, 0.717) is 0 Å². The molecule has 0 radical (unpaired) electrons. The van der Waals surface area contributed by atoms with Gasteiger partial charge >= 0.3 is 0 Å². The number of carbonyl (C=O) groups is 1. The zero-order chi connectivity index (χ0) is 20.0. The molecule has 4 heteroatoms. The number of nitrogens with one attached hydrogen (secondary N) is 1. The van der Waals surface area contributed by atoms with Crippen LogP contribution in [0.15, 0.2) is 18.1 Å². The highest BCUT2D eigenvalue weighted by molar-refractivity contribution is 5.79. The lowest BCUT2D eigenvalue weighted by molar-refractivity contribution is -0.119. The predicted molar refractivity (Wildman–Crippen MR) is 76.2 cm³/mol. The maximum absolute atomic E-state index is 11.6. The molecule has 1 aromatic rings. The van der Waals surface area contributed by atoms with Crippen LogP contribution in [0.1, 0.15) is 53.2 Å². The Labute approximate surface area is 129 Å². The molecule has 20 heavy (non-hydrogen) atoms. The van der Waals surface area contributed by atoms with Gasteiger partial charge in [0.25, 0.3) is 0 Å². The molecule has 3 rings (SSSR count). The van der Waals surface area contributed by atoms with Crippen molar-refractivity contribution in [2.75, 3.05) is 13.6 Å². The van der Waals surface area contributed by atoms with Crippen LogP contribution in [-0.2, 0) is 4.79 Å². The molecule has 1 heterocycles. The monoisotopic (exact) mass is 282 g/mol. The molecule has 1 aromatic carbocycles. The summed E-state index contributed by atoms with van der Waals surface area (Å²) in [6.45, 7) is -0.0919. The molecule has 0 spiro atoms. The van der Waals surface area contributed by atoms with Crippen molar-refractivity contribution in [3.05, 3.63) is 23.7 Å². The van der Waals surface area contributed by atoms with E-state index in [-0.39, 0.29) is 42.3 Å². The predicted octanol–water partition coefficient (Wildman–Crippen LogP) is 2.62. The number of hydrogen-bond acceptors (Lipinski definition) is 3. The van der Waals surface area contributed by atoms with Gasteiger partial charge in [-0.25, -0.2) is 0 Å². The third-order valence-electron chi connectivity index (χ3n) is 3.66. The first-order chi connectivity index (χ1) is 12.5. The Kier molecular flexibility index (Phi) is 2.10. The zero-order valence-corrected chi connectivity index (χ0v) is 11.0. The molecule has 1 atom stereocenters. The van der Waals surface area contributed by atoms with Crippen LogP contribution in [0.3, 0.4) is 0 Å². The largest absolute Gasteiger partial charge is 0.493 e. The van der Waals surface area contributed by atoms with Gasteiger partial charge in [0.2, 0.25) is 5.91 Å². The molecular formula is C16H21NO3. The van der Waals surface area contributed by atoms with Crippen LogP contribution in [0.5, 0.6) is 11.5 Å². The Balaban J connectivity index is 2.15. The SMILES string of the molecule is [2H]c1c([2H])c(C2([2H])CNC(=O)C2)c([2H])c(OC2CCCC2)c1OC([2H])([2H])[2H]. The van der Waals surface area contributed by atoms with Crippen LogP contribution < -0.4 is 14.8 Å². The molecule has 1 saturated carbocycles. The maximum atomic E-state index is 11.6. The molecule has 1 unspecified atom stereocenters. The summed E-state index contributed by atoms with van der Waals surface area (Å²) in [6, 6.07) is -1.42. The average molecular weight is 282 g/mol. The Morgan fingerprint density at radius 1 is 1.40 bits per heavy atom. The van der Waals surface area contributed by atoms with Crippen molar-refractivity contribution in [3.63, 3.8) is 0 Å². The summed E-state index contributed by atoms with van der Waals surface area (Å²) in [5, 5.41) is 2.51. The highest BCUT2D eigenvalue weighted by Crippen LogP contribution is 2.35. The fourth-order valence-corrected chi connectivity index (χ4v) is 2.58. The van der Waals surface area contributed by atoms with Crippen LogP contribution in [0, 0.1) is 0 Å². The van der Waals surface area contributed by atoms with Crippen LogP contribution in [-0.4, -0.2) is 25.6 Å². The van der Waals surface area contributed by atoms with E-state index in [2.05, 4.69) is 5.32 Å². The first-order valence-electron chi connectivity index (χ1n) is 10.3. The number of rotatable bonds is 4. The molecule has 108 valence electrons. The topological polar surface area (TPSA) is 47.6 Å². The Morgan fingerprint density at radius 2 is 2.25 bits per heavy atom. The molecule has 4 nitrogen and oxygen atoms in total. The molecule has 1 aliphatic carbocycles. The van der Waals surface area contributed by atoms with Gasteiger partial charge in [0.1, 0.15) is 0 Å². The number of methoxy groups -OCH3 is 1. The van der Waals surface area contributed by atoms with Gasteiger partial charge in [0.05, 0.1) is 21.4 Å². The van der Waals surface area contributed by atoms with E-state index in [0.717, 1.165) is 25.7 Å². The van der Waals surface area contributed by atoms with E-state index < -0.39 is 30.8 Å². The number of benzene rings is 1. The molecule has 1 saturated heterocycles. The van der Waals surface area contributed by atoms with Gasteiger partial charge in [-0.2, -0.15) is 0 Å². The lowest BCUT2D eigenvalue weighted by Gasteiger charge is -2.18. The van der Waals surface area contributed by atoms with Gasteiger partial charge in [-0.3, -0.25) is 4.79 Å². The van der Waals surface area contributed by atoms with E-state index in [4.69, 9.17) is 19.1 Å². The number of ether oxygens (including phenoxy) is 2. The molecule has 0 aromatic heterocycles. The van der Waals surface area contributed by atoms with Crippen molar-refractivity contribution < 1.29 is 23.9 Å². The van der Waals surface area contributed by atoms with Gasteiger partial charge in [0.15, 0.2) is 11.5 Å². The summed E-state index contributed by atoms with van der Waals surface area (Å²) in [4.78, 5) is 11.6. The standard InChI is InChI=1S/C16H21NO3/c1-19-14-7-6-11(12-9-16(18)17-10-12)8-15(14)20-13-4-2-3-5-13/h6-8,12-13H,2-5,9-10H2,1H3,(H,17,18)/i1D3,6D,7D,8D,12D. The van der Waals surface area contributed by atoms with Gasteiger partial charge in [-0.15, -0.1) is 0 Å². The smallest absolute Gasteiger partial charge is 0.220 e. The highest BCUT2D eigenvalue weighted by atomic mass is 16.5. The minimum absolute atomic E-state index is 0.0919. The van der Waals surface area contributed by atoms with Gasteiger partial charge in [-0.1, -0.05) is 6.04 Å². The molecule has 2 aliphatic rings. The van der Waals surface area contributed by atoms with Gasteiger partial charge in [-0.05, 0) is 43.3 Å². The zero-order valence-electron chi connectivity index (χ0n) is 18.0. The summed E-state index contributed by atoms with van der Waals surface area (Å²) < 4.78 is 66.2. The van der Waals surface area contributed by atoms with Crippen molar-refractivity contribution in [1.82, 2.24) is 5.32 Å². The molecule has 1 amide bonds. The van der Waals surface area contributed by atoms with Crippen molar-refractivity contribution in [2.24, 2.45) is 0 Å². The average Bonchev–Trinajstić information content (AvgIpc) is 3.17. The molecule has 2 fully saturated rings. The molecular weight excluding hydrogens is 254 g/mol. The lowest BCUT2D eigenvalue weighted by atomic mass is 9.98. The quantitative estimate of drug-likeness (QED) is 0.923. The van der Waals surface area contributed by atoms with Crippen LogP contribution in [0.4, 0.5) is 0 Å². The highest BCUT2D eigenvalue weighted by Gasteiger charge is 2.25. The van der Waals surface area contributed by atoms with Crippen molar-refractivity contribution in [2.45, 2.75) is 44.1 Å². The van der Waals surface area contributed by atoms with Crippen molar-refractivity contribution in [1.29, 1.82) is 0 Å². The van der Waals surface area contributed by atoms with E-state index in [9.17, 15) is 4.79 Å². The van der Waals surface area contributed by atoms with E-state index >= 15 is 0 Å². The summed E-state index contributed by atoms with van der Waals surface area (Å²) in [5.41, 5.74) is -0.128.